The number of hydrogen-bond acceptors (Lipinski definition) is 4. The van der Waals surface area contributed by atoms with E-state index in [-0.39, 0.29) is 12.1 Å². The van der Waals surface area contributed by atoms with Crippen molar-refractivity contribution < 1.29 is 9.84 Å². The topological polar surface area (TPSA) is 65.3 Å². The van der Waals surface area contributed by atoms with E-state index >= 15 is 0 Å². The molecule has 0 aliphatic carbocycles. The maximum Gasteiger partial charge on any atom is 0.136 e. The number of nitrogens with zero attached hydrogens (tertiary/aromatic N) is 1. The third-order valence-corrected chi connectivity index (χ3v) is 3.23. The summed E-state index contributed by atoms with van der Waals surface area (Å²) in [5, 5.41) is 21.6. The molecule has 0 radical (unpaired) electrons. The molecule has 1 rings (SSSR count). The van der Waals surface area contributed by atoms with Gasteiger partial charge in [0, 0.05) is 12.1 Å². The summed E-state index contributed by atoms with van der Waals surface area (Å²) in [6.07, 6.45) is 0.838. The van der Waals surface area contributed by atoms with Gasteiger partial charge in [0.25, 0.3) is 0 Å². The summed E-state index contributed by atoms with van der Waals surface area (Å²) >= 11 is 0. The van der Waals surface area contributed by atoms with Gasteiger partial charge in [0.1, 0.15) is 11.8 Å². The predicted octanol–water partition coefficient (Wildman–Crippen LogP) is 1.82. The zero-order chi connectivity index (χ0) is 13.6. The molecular formula is C14H20N2O2. The van der Waals surface area contributed by atoms with Gasteiger partial charge in [-0.2, -0.15) is 5.26 Å². The van der Waals surface area contributed by atoms with Crippen LogP contribution in [0.15, 0.2) is 18.2 Å². The molecular weight excluding hydrogens is 228 g/mol. The molecule has 0 aliphatic heterocycles. The normalized spacial score (nSPS) is 13.7. The summed E-state index contributed by atoms with van der Waals surface area (Å²) < 4.78 is 5.10. The number of aliphatic hydroxyl groups is 1. The molecule has 0 spiro atoms. The van der Waals surface area contributed by atoms with Crippen molar-refractivity contribution >= 4 is 0 Å². The second kappa shape index (κ2) is 6.39. The summed E-state index contributed by atoms with van der Waals surface area (Å²) in [5.74, 6) is 0.585. The quantitative estimate of drug-likeness (QED) is 0.806. The minimum atomic E-state index is -0.285. The minimum absolute atomic E-state index is 0.0881. The molecule has 0 heterocycles. The fraction of sp³-hybridized carbons (Fsp3) is 0.500. The lowest BCUT2D eigenvalue weighted by atomic mass is 9.99. The van der Waals surface area contributed by atoms with Crippen molar-refractivity contribution in [3.8, 4) is 11.8 Å². The van der Waals surface area contributed by atoms with Gasteiger partial charge in [0.05, 0.1) is 19.3 Å². The van der Waals surface area contributed by atoms with E-state index in [4.69, 9.17) is 10.00 Å². The van der Waals surface area contributed by atoms with Gasteiger partial charge in [-0.15, -0.1) is 0 Å². The van der Waals surface area contributed by atoms with Gasteiger partial charge in [-0.3, -0.25) is 0 Å². The Kier molecular flexibility index (Phi) is 5.14. The molecule has 0 saturated carbocycles. The van der Waals surface area contributed by atoms with E-state index in [0.29, 0.717) is 17.9 Å². The Morgan fingerprint density at radius 1 is 1.50 bits per heavy atom. The number of benzene rings is 1. The standard InChI is InChI=1S/C14H20N2O2/c1-4-14(2,10-17)16-9-11-5-6-13(18-3)12(7-11)8-15/h5-7,16-17H,4,9-10H2,1-3H3. The van der Waals surface area contributed by atoms with Crippen molar-refractivity contribution in [1.82, 2.24) is 5.32 Å². The van der Waals surface area contributed by atoms with Gasteiger partial charge in [-0.25, -0.2) is 0 Å². The molecule has 18 heavy (non-hydrogen) atoms. The van der Waals surface area contributed by atoms with Crippen LogP contribution in [0.2, 0.25) is 0 Å². The molecule has 0 saturated heterocycles. The molecule has 0 fully saturated rings. The molecule has 0 bridgehead atoms. The van der Waals surface area contributed by atoms with E-state index in [1.807, 2.05) is 19.9 Å². The summed E-state index contributed by atoms with van der Waals surface area (Å²) in [6, 6.07) is 7.62. The number of ether oxygens (including phenoxy) is 1. The van der Waals surface area contributed by atoms with E-state index in [1.165, 1.54) is 0 Å². The summed E-state index contributed by atoms with van der Waals surface area (Å²) in [5.41, 5.74) is 1.24. The fourth-order valence-electron chi connectivity index (χ4n) is 1.56. The molecule has 98 valence electrons. The molecule has 1 aromatic carbocycles. The van der Waals surface area contributed by atoms with Gasteiger partial charge in [0.2, 0.25) is 0 Å². The maximum absolute atomic E-state index is 9.31. The first-order chi connectivity index (χ1) is 8.58. The first-order valence-corrected chi connectivity index (χ1v) is 6.01. The molecule has 0 amide bonds. The first-order valence-electron chi connectivity index (χ1n) is 6.01. The number of rotatable bonds is 6. The van der Waals surface area contributed by atoms with Crippen molar-refractivity contribution in [3.05, 3.63) is 29.3 Å². The van der Waals surface area contributed by atoms with Crippen LogP contribution in [0.25, 0.3) is 0 Å². The Labute approximate surface area is 108 Å². The summed E-state index contributed by atoms with van der Waals surface area (Å²) in [4.78, 5) is 0. The molecule has 1 atom stereocenters. The Morgan fingerprint density at radius 3 is 2.72 bits per heavy atom. The SMILES string of the molecule is CCC(C)(CO)NCc1ccc(OC)c(C#N)c1. The van der Waals surface area contributed by atoms with Crippen LogP contribution in [0.1, 0.15) is 31.4 Å². The average molecular weight is 248 g/mol. The number of aliphatic hydroxyl groups excluding tert-OH is 1. The van der Waals surface area contributed by atoms with E-state index in [2.05, 4.69) is 11.4 Å². The van der Waals surface area contributed by atoms with Gasteiger partial charge < -0.3 is 15.2 Å². The average Bonchev–Trinajstić information content (AvgIpc) is 2.44. The highest BCUT2D eigenvalue weighted by atomic mass is 16.5. The van der Waals surface area contributed by atoms with Gasteiger partial charge >= 0.3 is 0 Å². The van der Waals surface area contributed by atoms with E-state index in [9.17, 15) is 5.11 Å². The first kappa shape index (κ1) is 14.5. The Hall–Kier alpha value is -1.57. The predicted molar refractivity (Wildman–Crippen MR) is 70.3 cm³/mol. The van der Waals surface area contributed by atoms with E-state index in [0.717, 1.165) is 12.0 Å². The van der Waals surface area contributed by atoms with Crippen LogP contribution in [-0.2, 0) is 6.54 Å². The van der Waals surface area contributed by atoms with Crippen LogP contribution < -0.4 is 10.1 Å². The van der Waals surface area contributed by atoms with Crippen LogP contribution in [0.3, 0.4) is 0 Å². The van der Waals surface area contributed by atoms with Crippen LogP contribution in [0.4, 0.5) is 0 Å². The number of nitrogens with one attached hydrogen (secondary N) is 1. The number of hydrogen-bond donors (Lipinski definition) is 2. The smallest absolute Gasteiger partial charge is 0.136 e. The molecule has 1 unspecified atom stereocenters. The van der Waals surface area contributed by atoms with Crippen LogP contribution in [0.5, 0.6) is 5.75 Å². The largest absolute Gasteiger partial charge is 0.495 e. The Balaban J connectivity index is 2.78. The van der Waals surface area contributed by atoms with Crippen molar-refractivity contribution in [2.75, 3.05) is 13.7 Å². The third-order valence-electron chi connectivity index (χ3n) is 3.23. The lowest BCUT2D eigenvalue weighted by Gasteiger charge is -2.27. The third kappa shape index (κ3) is 3.46. The van der Waals surface area contributed by atoms with Gasteiger partial charge in [-0.1, -0.05) is 13.0 Å². The lowest BCUT2D eigenvalue weighted by Crippen LogP contribution is -2.44. The number of nitriles is 1. The van der Waals surface area contributed by atoms with Crippen molar-refractivity contribution in [2.24, 2.45) is 0 Å². The zero-order valence-electron chi connectivity index (χ0n) is 11.2. The highest BCUT2D eigenvalue weighted by Crippen LogP contribution is 2.19. The highest BCUT2D eigenvalue weighted by molar-refractivity contribution is 5.45. The molecule has 4 nitrogen and oxygen atoms in total. The van der Waals surface area contributed by atoms with Crippen LogP contribution in [0, 0.1) is 11.3 Å². The molecule has 1 aromatic rings. The summed E-state index contributed by atoms with van der Waals surface area (Å²) in [7, 11) is 1.55. The van der Waals surface area contributed by atoms with E-state index < -0.39 is 0 Å². The minimum Gasteiger partial charge on any atom is -0.495 e. The van der Waals surface area contributed by atoms with Crippen LogP contribution >= 0.6 is 0 Å². The molecule has 0 aromatic heterocycles. The van der Waals surface area contributed by atoms with Gasteiger partial charge in [-0.05, 0) is 31.0 Å². The Bertz CT molecular complexity index is 434. The molecule has 2 N–H and O–H groups in total. The fourth-order valence-corrected chi connectivity index (χ4v) is 1.56. The number of methoxy groups -OCH3 is 1. The maximum atomic E-state index is 9.31. The zero-order valence-corrected chi connectivity index (χ0v) is 11.2. The highest BCUT2D eigenvalue weighted by Gasteiger charge is 2.19. The van der Waals surface area contributed by atoms with Crippen molar-refractivity contribution in [1.29, 1.82) is 5.26 Å². The lowest BCUT2D eigenvalue weighted by molar-refractivity contribution is 0.169. The van der Waals surface area contributed by atoms with Crippen LogP contribution in [-0.4, -0.2) is 24.4 Å². The van der Waals surface area contributed by atoms with Gasteiger partial charge in [0.15, 0.2) is 0 Å². The second-order valence-electron chi connectivity index (χ2n) is 4.57. The second-order valence-corrected chi connectivity index (χ2v) is 4.57. The monoisotopic (exact) mass is 248 g/mol. The molecule has 0 aliphatic rings. The van der Waals surface area contributed by atoms with E-state index in [1.54, 1.807) is 19.2 Å². The molecule has 4 heteroatoms. The van der Waals surface area contributed by atoms with Crippen molar-refractivity contribution in [2.45, 2.75) is 32.4 Å². The van der Waals surface area contributed by atoms with Crippen molar-refractivity contribution in [3.63, 3.8) is 0 Å². The summed E-state index contributed by atoms with van der Waals surface area (Å²) in [6.45, 7) is 4.70. The Morgan fingerprint density at radius 2 is 2.22 bits per heavy atom.